The molecule has 1 aliphatic carbocycles. The molecule has 0 radical (unpaired) electrons. The van der Waals surface area contributed by atoms with Crippen LogP contribution in [-0.4, -0.2) is 24.0 Å². The molecule has 4 heteroatoms. The highest BCUT2D eigenvalue weighted by Crippen LogP contribution is 2.37. The van der Waals surface area contributed by atoms with Crippen LogP contribution >= 0.6 is 0 Å². The van der Waals surface area contributed by atoms with E-state index in [0.29, 0.717) is 11.7 Å². The van der Waals surface area contributed by atoms with Crippen LogP contribution in [0.15, 0.2) is 24.3 Å². The number of methoxy groups -OCH3 is 1. The predicted molar refractivity (Wildman–Crippen MR) is 103 cm³/mol. The van der Waals surface area contributed by atoms with E-state index in [9.17, 15) is 5.11 Å². The van der Waals surface area contributed by atoms with Gasteiger partial charge in [0.25, 0.3) is 0 Å². The number of ether oxygens (including phenoxy) is 2. The number of pyridine rings is 1. The zero-order chi connectivity index (χ0) is 18.5. The van der Waals surface area contributed by atoms with E-state index in [1.54, 1.807) is 7.11 Å². The zero-order valence-corrected chi connectivity index (χ0v) is 16.0. The molecule has 0 atom stereocenters. The molecular weight excluding hydrogens is 326 g/mol. The first-order chi connectivity index (χ1) is 12.6. The summed E-state index contributed by atoms with van der Waals surface area (Å²) in [4.78, 5) is 5.01. The molecule has 1 aromatic heterocycles. The molecule has 1 aliphatic rings. The number of benzene rings is 1. The first kappa shape index (κ1) is 18.7. The molecule has 0 unspecified atom stereocenters. The number of hydrogen-bond donors (Lipinski definition) is 1. The topological polar surface area (TPSA) is 51.6 Å². The van der Waals surface area contributed by atoms with Crippen molar-refractivity contribution >= 4 is 0 Å². The molecule has 1 fully saturated rings. The highest BCUT2D eigenvalue weighted by molar-refractivity contribution is 5.43. The minimum atomic E-state index is 0.247. The third-order valence-electron chi connectivity index (χ3n) is 5.31. The molecule has 1 aromatic carbocycles. The van der Waals surface area contributed by atoms with Crippen LogP contribution in [0.2, 0.25) is 0 Å². The van der Waals surface area contributed by atoms with Crippen molar-refractivity contribution < 1.29 is 14.6 Å². The van der Waals surface area contributed by atoms with Crippen molar-refractivity contribution in [3.8, 4) is 11.5 Å². The van der Waals surface area contributed by atoms with E-state index >= 15 is 0 Å². The lowest BCUT2D eigenvalue weighted by Gasteiger charge is -2.24. The summed E-state index contributed by atoms with van der Waals surface area (Å²) < 4.78 is 10.9. The van der Waals surface area contributed by atoms with Gasteiger partial charge in [-0.15, -0.1) is 0 Å². The molecule has 0 bridgehead atoms. The molecule has 0 spiro atoms. The number of phenols is 1. The van der Waals surface area contributed by atoms with Gasteiger partial charge in [-0.05, 0) is 67.6 Å². The monoisotopic (exact) mass is 355 g/mol. The SMILES string of the molecule is COCOc1ccc(Cc2c(C)cc(O)cc2C)nc1C1CCCCC1. The first-order valence-corrected chi connectivity index (χ1v) is 9.49. The number of rotatable bonds is 6. The van der Waals surface area contributed by atoms with Gasteiger partial charge in [-0.25, -0.2) is 0 Å². The molecule has 0 aliphatic heterocycles. The van der Waals surface area contributed by atoms with Crippen LogP contribution in [0.5, 0.6) is 11.5 Å². The Labute approximate surface area is 156 Å². The molecule has 0 saturated heterocycles. The standard InChI is InChI=1S/C22H29NO3/c1-15-11-19(24)12-16(2)20(15)13-18-9-10-21(26-14-25-3)22(23-18)17-7-5-4-6-8-17/h9-12,17,24H,4-8,13-14H2,1-3H3. The fourth-order valence-corrected chi connectivity index (χ4v) is 3.95. The maximum atomic E-state index is 9.77. The fourth-order valence-electron chi connectivity index (χ4n) is 3.95. The van der Waals surface area contributed by atoms with Crippen molar-refractivity contribution in [3.05, 3.63) is 52.3 Å². The van der Waals surface area contributed by atoms with Crippen molar-refractivity contribution in [2.45, 2.75) is 58.3 Å². The Morgan fingerprint density at radius 2 is 1.77 bits per heavy atom. The average Bonchev–Trinajstić information content (AvgIpc) is 2.64. The summed E-state index contributed by atoms with van der Waals surface area (Å²) in [5.74, 6) is 1.64. The van der Waals surface area contributed by atoms with Crippen molar-refractivity contribution in [3.63, 3.8) is 0 Å². The lowest BCUT2D eigenvalue weighted by atomic mass is 9.86. The van der Waals surface area contributed by atoms with Crippen LogP contribution in [0.3, 0.4) is 0 Å². The van der Waals surface area contributed by atoms with Crippen LogP contribution in [0.4, 0.5) is 0 Å². The summed E-state index contributed by atoms with van der Waals surface area (Å²) in [5.41, 5.74) is 5.56. The molecule has 1 saturated carbocycles. The second-order valence-electron chi connectivity index (χ2n) is 7.31. The van der Waals surface area contributed by atoms with Crippen LogP contribution in [0.25, 0.3) is 0 Å². The molecule has 140 valence electrons. The summed E-state index contributed by atoms with van der Waals surface area (Å²) in [7, 11) is 1.64. The lowest BCUT2D eigenvalue weighted by molar-refractivity contribution is 0.0496. The van der Waals surface area contributed by atoms with E-state index in [4.69, 9.17) is 14.5 Å². The number of nitrogens with zero attached hydrogens (tertiary/aromatic N) is 1. The maximum absolute atomic E-state index is 9.77. The quantitative estimate of drug-likeness (QED) is 0.739. The van der Waals surface area contributed by atoms with E-state index in [2.05, 4.69) is 0 Å². The van der Waals surface area contributed by atoms with Gasteiger partial charge in [-0.1, -0.05) is 19.3 Å². The summed E-state index contributed by atoms with van der Waals surface area (Å²) in [6.07, 6.45) is 6.96. The minimum Gasteiger partial charge on any atom is -0.508 e. The third-order valence-corrected chi connectivity index (χ3v) is 5.31. The lowest BCUT2D eigenvalue weighted by Crippen LogP contribution is -2.12. The summed E-state index contributed by atoms with van der Waals surface area (Å²) >= 11 is 0. The number of hydrogen-bond acceptors (Lipinski definition) is 4. The number of aryl methyl sites for hydroxylation is 2. The van der Waals surface area contributed by atoms with Crippen LogP contribution in [0.1, 0.15) is 66.1 Å². The van der Waals surface area contributed by atoms with E-state index in [1.165, 1.54) is 37.7 Å². The highest BCUT2D eigenvalue weighted by Gasteiger charge is 2.22. The molecule has 4 nitrogen and oxygen atoms in total. The predicted octanol–water partition coefficient (Wildman–Crippen LogP) is 5.03. The van der Waals surface area contributed by atoms with Gasteiger partial charge in [0.15, 0.2) is 6.79 Å². The van der Waals surface area contributed by atoms with Gasteiger partial charge in [0, 0.05) is 25.1 Å². The van der Waals surface area contributed by atoms with Gasteiger partial charge in [0.05, 0.1) is 5.69 Å². The smallest absolute Gasteiger partial charge is 0.188 e. The van der Waals surface area contributed by atoms with E-state index in [1.807, 2.05) is 38.1 Å². The third kappa shape index (κ3) is 4.36. The minimum absolute atomic E-state index is 0.247. The molecule has 2 aromatic rings. The Morgan fingerprint density at radius 1 is 1.08 bits per heavy atom. The summed E-state index contributed by atoms with van der Waals surface area (Å²) in [5, 5.41) is 9.77. The van der Waals surface area contributed by atoms with Crippen molar-refractivity contribution in [2.75, 3.05) is 13.9 Å². The maximum Gasteiger partial charge on any atom is 0.188 e. The van der Waals surface area contributed by atoms with Crippen LogP contribution in [-0.2, 0) is 11.2 Å². The normalized spacial score (nSPS) is 15.2. The average molecular weight is 355 g/mol. The van der Waals surface area contributed by atoms with Crippen LogP contribution in [0, 0.1) is 13.8 Å². The fraction of sp³-hybridized carbons (Fsp3) is 0.500. The molecule has 3 rings (SSSR count). The second kappa shape index (κ2) is 8.54. The Balaban J connectivity index is 1.90. The molecule has 0 amide bonds. The molecule has 26 heavy (non-hydrogen) atoms. The van der Waals surface area contributed by atoms with E-state index in [-0.39, 0.29) is 6.79 Å². The van der Waals surface area contributed by atoms with Gasteiger partial charge in [0.2, 0.25) is 0 Å². The van der Waals surface area contributed by atoms with E-state index in [0.717, 1.165) is 34.7 Å². The zero-order valence-electron chi connectivity index (χ0n) is 16.0. The second-order valence-corrected chi connectivity index (χ2v) is 7.31. The number of aromatic nitrogens is 1. The van der Waals surface area contributed by atoms with Crippen molar-refractivity contribution in [2.24, 2.45) is 0 Å². The Morgan fingerprint density at radius 3 is 2.42 bits per heavy atom. The Bertz CT molecular complexity index is 728. The molecule has 1 N–H and O–H groups in total. The summed E-state index contributed by atoms with van der Waals surface area (Å²) in [6.45, 7) is 4.33. The Hall–Kier alpha value is -2.07. The van der Waals surface area contributed by atoms with Crippen molar-refractivity contribution in [1.82, 2.24) is 4.98 Å². The number of phenolic OH excluding ortho intramolecular Hbond substituents is 1. The van der Waals surface area contributed by atoms with Crippen LogP contribution < -0.4 is 4.74 Å². The molecule has 1 heterocycles. The van der Waals surface area contributed by atoms with Gasteiger partial charge in [0.1, 0.15) is 11.5 Å². The van der Waals surface area contributed by atoms with Gasteiger partial charge in [-0.2, -0.15) is 0 Å². The highest BCUT2D eigenvalue weighted by atomic mass is 16.7. The largest absolute Gasteiger partial charge is 0.508 e. The van der Waals surface area contributed by atoms with Gasteiger partial charge >= 0.3 is 0 Å². The van der Waals surface area contributed by atoms with Crippen molar-refractivity contribution in [1.29, 1.82) is 0 Å². The first-order valence-electron chi connectivity index (χ1n) is 9.49. The van der Waals surface area contributed by atoms with Gasteiger partial charge in [-0.3, -0.25) is 4.98 Å². The van der Waals surface area contributed by atoms with Gasteiger partial charge < -0.3 is 14.6 Å². The molecular formula is C22H29NO3. The number of aromatic hydroxyl groups is 1. The van der Waals surface area contributed by atoms with E-state index < -0.39 is 0 Å². The Kier molecular flexibility index (Phi) is 6.15. The summed E-state index contributed by atoms with van der Waals surface area (Å²) in [6, 6.07) is 7.72.